The number of rotatable bonds is 1. The van der Waals surface area contributed by atoms with Gasteiger partial charge in [-0.2, -0.15) is 0 Å². The molecular formula is C11H21NO. The van der Waals surface area contributed by atoms with E-state index in [4.69, 9.17) is 4.74 Å². The van der Waals surface area contributed by atoms with Crippen LogP contribution in [0.4, 0.5) is 0 Å². The zero-order valence-corrected chi connectivity index (χ0v) is 9.05. The maximum atomic E-state index is 6.15. The predicted octanol–water partition coefficient (Wildman–Crippen LogP) is 2.24. The van der Waals surface area contributed by atoms with E-state index in [0.29, 0.717) is 6.10 Å². The Labute approximate surface area is 81.3 Å². The molecule has 0 bridgehead atoms. The van der Waals surface area contributed by atoms with E-state index in [9.17, 15) is 0 Å². The van der Waals surface area contributed by atoms with E-state index < -0.39 is 0 Å². The van der Waals surface area contributed by atoms with Crippen LogP contribution >= 0.6 is 0 Å². The number of ether oxygens (including phenoxy) is 1. The third-order valence-electron chi connectivity index (χ3n) is 3.80. The highest BCUT2D eigenvalue weighted by molar-refractivity contribution is 4.96. The number of hydrogen-bond donors (Lipinski definition) is 0. The summed E-state index contributed by atoms with van der Waals surface area (Å²) in [7, 11) is 2.22. The van der Waals surface area contributed by atoms with E-state index in [1.54, 1.807) is 0 Å². The van der Waals surface area contributed by atoms with Gasteiger partial charge in [-0.1, -0.05) is 6.92 Å². The Bertz CT molecular complexity index is 195. The Morgan fingerprint density at radius 3 is 2.85 bits per heavy atom. The SMILES string of the molecule is CC[C@@H]1CCC[C@@]12O[C@@H](C)CN2C. The Kier molecular flexibility index (Phi) is 2.37. The summed E-state index contributed by atoms with van der Waals surface area (Å²) in [5, 5.41) is 0. The first-order valence-corrected chi connectivity index (χ1v) is 5.58. The first-order chi connectivity index (χ1) is 6.19. The van der Waals surface area contributed by atoms with Crippen molar-refractivity contribution < 1.29 is 4.74 Å². The van der Waals surface area contributed by atoms with Crippen molar-refractivity contribution >= 4 is 0 Å². The maximum absolute atomic E-state index is 6.15. The van der Waals surface area contributed by atoms with Crippen LogP contribution < -0.4 is 0 Å². The molecule has 0 aromatic heterocycles. The lowest BCUT2D eigenvalue weighted by atomic mass is 9.96. The Balaban J connectivity index is 2.18. The molecule has 1 spiro atoms. The van der Waals surface area contributed by atoms with Gasteiger partial charge in [-0.25, -0.2) is 0 Å². The smallest absolute Gasteiger partial charge is 0.124 e. The summed E-state index contributed by atoms with van der Waals surface area (Å²) in [6, 6.07) is 0. The molecule has 2 nitrogen and oxygen atoms in total. The summed E-state index contributed by atoms with van der Waals surface area (Å²) in [5.41, 5.74) is 0.119. The van der Waals surface area contributed by atoms with Crippen LogP contribution in [0.15, 0.2) is 0 Å². The van der Waals surface area contributed by atoms with Crippen molar-refractivity contribution in [3.05, 3.63) is 0 Å². The van der Waals surface area contributed by atoms with E-state index >= 15 is 0 Å². The van der Waals surface area contributed by atoms with E-state index in [0.717, 1.165) is 12.5 Å². The van der Waals surface area contributed by atoms with E-state index in [1.807, 2.05) is 0 Å². The summed E-state index contributed by atoms with van der Waals surface area (Å²) in [6.45, 7) is 5.59. The monoisotopic (exact) mass is 183 g/mol. The molecule has 0 aromatic rings. The normalized spacial score (nSPS) is 46.4. The van der Waals surface area contributed by atoms with Gasteiger partial charge in [-0.15, -0.1) is 0 Å². The minimum Gasteiger partial charge on any atom is -0.356 e. The number of likely N-dealkylation sites (N-methyl/N-ethyl adjacent to an activating group) is 1. The molecule has 0 radical (unpaired) electrons. The third-order valence-corrected chi connectivity index (χ3v) is 3.80. The maximum Gasteiger partial charge on any atom is 0.124 e. The second-order valence-electron chi connectivity index (χ2n) is 4.65. The van der Waals surface area contributed by atoms with Crippen molar-refractivity contribution in [1.29, 1.82) is 0 Å². The minimum absolute atomic E-state index is 0.119. The molecule has 0 unspecified atom stereocenters. The van der Waals surface area contributed by atoms with Crippen LogP contribution in [0.1, 0.15) is 39.5 Å². The van der Waals surface area contributed by atoms with Crippen molar-refractivity contribution in [2.45, 2.75) is 51.4 Å². The fourth-order valence-corrected chi connectivity index (χ4v) is 3.23. The van der Waals surface area contributed by atoms with Crippen molar-refractivity contribution in [2.24, 2.45) is 5.92 Å². The highest BCUT2D eigenvalue weighted by atomic mass is 16.5. The molecule has 2 fully saturated rings. The first kappa shape index (κ1) is 9.47. The topological polar surface area (TPSA) is 12.5 Å². The molecule has 1 saturated heterocycles. The van der Waals surface area contributed by atoms with Gasteiger partial charge in [0.1, 0.15) is 5.72 Å². The number of nitrogens with zero attached hydrogens (tertiary/aromatic N) is 1. The lowest BCUT2D eigenvalue weighted by Gasteiger charge is -2.36. The molecule has 3 atom stereocenters. The highest BCUT2D eigenvalue weighted by Gasteiger charge is 2.50. The van der Waals surface area contributed by atoms with Crippen LogP contribution in [0.25, 0.3) is 0 Å². The van der Waals surface area contributed by atoms with E-state index in [2.05, 4.69) is 25.8 Å². The Hall–Kier alpha value is -0.0800. The molecule has 2 rings (SSSR count). The second kappa shape index (κ2) is 3.25. The third kappa shape index (κ3) is 1.31. The second-order valence-corrected chi connectivity index (χ2v) is 4.65. The summed E-state index contributed by atoms with van der Waals surface area (Å²) in [6.07, 6.45) is 5.63. The van der Waals surface area contributed by atoms with Crippen LogP contribution in [-0.2, 0) is 4.74 Å². The molecule has 0 amide bonds. The molecule has 13 heavy (non-hydrogen) atoms. The van der Waals surface area contributed by atoms with Crippen molar-refractivity contribution in [1.82, 2.24) is 4.90 Å². The molecule has 1 aliphatic heterocycles. The van der Waals surface area contributed by atoms with Crippen LogP contribution in [0, 0.1) is 5.92 Å². The highest BCUT2D eigenvalue weighted by Crippen LogP contribution is 2.46. The molecule has 76 valence electrons. The molecule has 2 aliphatic rings. The van der Waals surface area contributed by atoms with Crippen LogP contribution in [0.2, 0.25) is 0 Å². The molecule has 1 heterocycles. The molecule has 1 saturated carbocycles. The van der Waals surface area contributed by atoms with Crippen LogP contribution in [0.5, 0.6) is 0 Å². The largest absolute Gasteiger partial charge is 0.356 e. The van der Waals surface area contributed by atoms with Crippen molar-refractivity contribution in [2.75, 3.05) is 13.6 Å². The zero-order chi connectivity index (χ0) is 9.47. The quantitative estimate of drug-likeness (QED) is 0.618. The van der Waals surface area contributed by atoms with Crippen molar-refractivity contribution in [3.8, 4) is 0 Å². The summed E-state index contributed by atoms with van der Waals surface area (Å²) in [4.78, 5) is 2.44. The predicted molar refractivity (Wildman–Crippen MR) is 53.5 cm³/mol. The molecule has 0 N–H and O–H groups in total. The van der Waals surface area contributed by atoms with Crippen LogP contribution in [-0.4, -0.2) is 30.3 Å². The first-order valence-electron chi connectivity index (χ1n) is 5.58. The fourth-order valence-electron chi connectivity index (χ4n) is 3.23. The van der Waals surface area contributed by atoms with E-state index in [-0.39, 0.29) is 5.72 Å². The van der Waals surface area contributed by atoms with E-state index in [1.165, 1.54) is 25.7 Å². The van der Waals surface area contributed by atoms with Gasteiger partial charge in [0.25, 0.3) is 0 Å². The van der Waals surface area contributed by atoms with Gasteiger partial charge in [0.2, 0.25) is 0 Å². The Morgan fingerprint density at radius 1 is 1.54 bits per heavy atom. The lowest BCUT2D eigenvalue weighted by Crippen LogP contribution is -2.45. The minimum atomic E-state index is 0.119. The van der Waals surface area contributed by atoms with Crippen molar-refractivity contribution in [3.63, 3.8) is 0 Å². The van der Waals surface area contributed by atoms with Gasteiger partial charge in [0, 0.05) is 12.5 Å². The average molecular weight is 183 g/mol. The van der Waals surface area contributed by atoms with Crippen LogP contribution in [0.3, 0.4) is 0 Å². The average Bonchev–Trinajstić information content (AvgIpc) is 2.59. The fraction of sp³-hybridized carbons (Fsp3) is 1.00. The van der Waals surface area contributed by atoms with Gasteiger partial charge < -0.3 is 4.74 Å². The molecule has 0 aromatic carbocycles. The van der Waals surface area contributed by atoms with Gasteiger partial charge in [-0.05, 0) is 39.7 Å². The standard InChI is InChI=1S/C11H21NO/c1-4-10-6-5-7-11(10)12(3)8-9(2)13-11/h9-10H,4-8H2,1-3H3/t9-,10+,11+/m0/s1. The Morgan fingerprint density at radius 2 is 2.31 bits per heavy atom. The van der Waals surface area contributed by atoms with Gasteiger partial charge >= 0.3 is 0 Å². The summed E-state index contributed by atoms with van der Waals surface area (Å²) in [5.74, 6) is 0.766. The molecule has 1 aliphatic carbocycles. The lowest BCUT2D eigenvalue weighted by molar-refractivity contribution is -0.119. The van der Waals surface area contributed by atoms with Gasteiger partial charge in [-0.3, -0.25) is 4.90 Å². The zero-order valence-electron chi connectivity index (χ0n) is 9.05. The molecule has 2 heteroatoms. The van der Waals surface area contributed by atoms with Gasteiger partial charge in [0.15, 0.2) is 0 Å². The summed E-state index contributed by atoms with van der Waals surface area (Å²) >= 11 is 0. The van der Waals surface area contributed by atoms with Gasteiger partial charge in [0.05, 0.1) is 6.10 Å². The number of hydrogen-bond acceptors (Lipinski definition) is 2. The molecular weight excluding hydrogens is 162 g/mol. The summed E-state index contributed by atoms with van der Waals surface area (Å²) < 4.78 is 6.15.